The lowest BCUT2D eigenvalue weighted by molar-refractivity contribution is -0.190. The maximum atomic E-state index is 3.53. The van der Waals surface area contributed by atoms with E-state index in [1.54, 1.807) is 64.2 Å². The van der Waals surface area contributed by atoms with Crippen LogP contribution in [0.25, 0.3) is 0 Å². The van der Waals surface area contributed by atoms with Crippen molar-refractivity contribution in [2.24, 2.45) is 106 Å². The van der Waals surface area contributed by atoms with Gasteiger partial charge in [-0.25, -0.2) is 0 Å². The van der Waals surface area contributed by atoms with Crippen LogP contribution < -0.4 is 0 Å². The SMILES string of the molecule is CC1CCC(C2CC(N(C3CCC(C)CC3)C3CCC(C(C)(C)C)CC3)C3CCC4C(C5CCC(C)CC5)CC(N(C5CCC(C)CC5)C5CCC(C(C)(C)C)CC5)C5CCC2C3C45)CC1. The van der Waals surface area contributed by atoms with Crippen molar-refractivity contribution in [3.8, 4) is 0 Å². The Balaban J connectivity index is 1.04. The van der Waals surface area contributed by atoms with Gasteiger partial charge >= 0.3 is 0 Å². The van der Waals surface area contributed by atoms with Gasteiger partial charge in [0, 0.05) is 36.3 Å². The number of hydrogen-bond donors (Lipinski definition) is 0. The van der Waals surface area contributed by atoms with E-state index in [0.29, 0.717) is 10.8 Å². The van der Waals surface area contributed by atoms with Crippen molar-refractivity contribution >= 4 is 0 Å². The first kappa shape index (κ1) is 49.5. The molecule has 0 aromatic rings. The van der Waals surface area contributed by atoms with Gasteiger partial charge in [-0.15, -0.1) is 0 Å². The van der Waals surface area contributed by atoms with Gasteiger partial charge in [0.25, 0.3) is 0 Å². The van der Waals surface area contributed by atoms with E-state index in [4.69, 9.17) is 0 Å². The molecular formula is C64H112N2. The van der Waals surface area contributed by atoms with Gasteiger partial charge in [-0.1, -0.05) is 94.9 Å². The first-order chi connectivity index (χ1) is 31.6. The number of rotatable bonds is 8. The predicted molar refractivity (Wildman–Crippen MR) is 282 cm³/mol. The minimum Gasteiger partial charge on any atom is -0.294 e. The minimum absolute atomic E-state index is 0.465. The van der Waals surface area contributed by atoms with Crippen LogP contribution in [0.2, 0.25) is 0 Å². The lowest BCUT2D eigenvalue weighted by Crippen LogP contribution is -2.67. The monoisotopic (exact) mass is 909 g/mol. The Hall–Kier alpha value is -0.0800. The molecular weight excluding hydrogens is 797 g/mol. The second-order valence-corrected chi connectivity index (χ2v) is 30.4. The third kappa shape index (κ3) is 10.1. The second-order valence-electron chi connectivity index (χ2n) is 30.4. The zero-order chi connectivity index (χ0) is 46.1. The van der Waals surface area contributed by atoms with E-state index in [1.165, 1.54) is 128 Å². The van der Waals surface area contributed by atoms with Crippen LogP contribution in [0.4, 0.5) is 0 Å². The molecule has 0 aromatic heterocycles. The predicted octanol–water partition coefficient (Wildman–Crippen LogP) is 17.7. The van der Waals surface area contributed by atoms with Crippen molar-refractivity contribution in [3.05, 3.63) is 0 Å². The Morgan fingerprint density at radius 3 is 0.818 bits per heavy atom. The number of nitrogens with zero attached hydrogens (tertiary/aromatic N) is 2. The highest BCUT2D eigenvalue weighted by Crippen LogP contribution is 2.67. The van der Waals surface area contributed by atoms with Crippen molar-refractivity contribution in [2.45, 2.75) is 298 Å². The number of hydrogen-bond acceptors (Lipinski definition) is 2. The van der Waals surface area contributed by atoms with Gasteiger partial charge in [-0.3, -0.25) is 9.80 Å². The molecule has 0 saturated heterocycles. The van der Waals surface area contributed by atoms with Crippen LogP contribution in [0.15, 0.2) is 0 Å². The van der Waals surface area contributed by atoms with Crippen molar-refractivity contribution in [1.82, 2.24) is 9.80 Å². The maximum absolute atomic E-state index is 3.53. The first-order valence-electron chi connectivity index (χ1n) is 31.2. The summed E-state index contributed by atoms with van der Waals surface area (Å²) in [6.45, 7) is 25.8. The first-order valence-corrected chi connectivity index (χ1v) is 31.2. The third-order valence-electron chi connectivity index (χ3n) is 24.8. The van der Waals surface area contributed by atoms with Crippen molar-refractivity contribution < 1.29 is 0 Å². The molecule has 0 amide bonds. The summed E-state index contributed by atoms with van der Waals surface area (Å²) in [5.74, 6) is 15.8. The molecule has 10 unspecified atom stereocenters. The summed E-state index contributed by atoms with van der Waals surface area (Å²) in [5, 5.41) is 0. The largest absolute Gasteiger partial charge is 0.294 e. The molecule has 0 aromatic carbocycles. The van der Waals surface area contributed by atoms with Gasteiger partial charge < -0.3 is 0 Å². The average molecular weight is 910 g/mol. The topological polar surface area (TPSA) is 6.48 Å². The summed E-state index contributed by atoms with van der Waals surface area (Å²) in [7, 11) is 0. The smallest absolute Gasteiger partial charge is 0.0135 e. The molecule has 10 atom stereocenters. The quantitative estimate of drug-likeness (QED) is 0.239. The molecule has 0 N–H and O–H groups in total. The highest BCUT2D eigenvalue weighted by atomic mass is 15.2. The van der Waals surface area contributed by atoms with E-state index >= 15 is 0 Å². The molecule has 0 aliphatic heterocycles. The molecule has 10 saturated carbocycles. The van der Waals surface area contributed by atoms with Crippen LogP contribution in [0.5, 0.6) is 0 Å². The molecule has 0 spiro atoms. The lowest BCUT2D eigenvalue weighted by Gasteiger charge is -2.68. The summed E-state index contributed by atoms with van der Waals surface area (Å²) >= 11 is 0. The zero-order valence-corrected chi connectivity index (χ0v) is 45.8. The van der Waals surface area contributed by atoms with Crippen LogP contribution in [0, 0.1) is 106 Å². The van der Waals surface area contributed by atoms with Crippen LogP contribution in [-0.4, -0.2) is 46.1 Å². The van der Waals surface area contributed by atoms with E-state index < -0.39 is 0 Å². The van der Waals surface area contributed by atoms with E-state index in [-0.39, 0.29) is 0 Å². The summed E-state index contributed by atoms with van der Waals surface area (Å²) < 4.78 is 0. The molecule has 10 rings (SSSR count). The fourth-order valence-corrected chi connectivity index (χ4v) is 20.9. The Bertz CT molecular complexity index is 1390. The molecule has 0 heterocycles. The molecule has 0 bridgehead atoms. The van der Waals surface area contributed by atoms with Crippen molar-refractivity contribution in [2.75, 3.05) is 0 Å². The summed E-state index contributed by atoms with van der Waals surface area (Å²) in [4.78, 5) is 7.05. The van der Waals surface area contributed by atoms with Crippen LogP contribution in [0.1, 0.15) is 262 Å². The highest BCUT2D eigenvalue weighted by molar-refractivity contribution is 5.14. The van der Waals surface area contributed by atoms with Gasteiger partial charge in [-0.2, -0.15) is 0 Å². The van der Waals surface area contributed by atoms with Gasteiger partial charge in [0.1, 0.15) is 0 Å². The van der Waals surface area contributed by atoms with Crippen LogP contribution in [0.3, 0.4) is 0 Å². The standard InChI is InChI=1S/C64H112N2/c1-41-11-19-45(20-12-41)57-39-59(65(49-27-15-43(3)16-28-49)51-31-23-47(24-32-51)63(5,6)7)55-38-36-54-58(46-21-13-42(2)14-22-46)40-60(56-37-35-53(57)61(55)62(54)56)66(50-29-17-44(4)18-30-50)52-33-25-48(26-34-52)64(8,9)10/h41-62H,11-40H2,1-10H3. The van der Waals surface area contributed by atoms with Crippen molar-refractivity contribution in [1.29, 1.82) is 0 Å². The minimum atomic E-state index is 0.465. The molecule has 10 fully saturated rings. The average Bonchev–Trinajstić information content (AvgIpc) is 3.30. The lowest BCUT2D eigenvalue weighted by atomic mass is 9.41. The zero-order valence-electron chi connectivity index (χ0n) is 45.8. The molecule has 2 nitrogen and oxygen atoms in total. The van der Waals surface area contributed by atoms with E-state index in [1.807, 2.05) is 0 Å². The molecule has 10 aliphatic carbocycles. The van der Waals surface area contributed by atoms with E-state index in [0.717, 1.165) is 131 Å². The molecule has 66 heavy (non-hydrogen) atoms. The fourth-order valence-electron chi connectivity index (χ4n) is 20.9. The van der Waals surface area contributed by atoms with Gasteiger partial charge in [0.2, 0.25) is 0 Å². The normalized spacial score (nSPS) is 49.6. The molecule has 10 aliphatic rings. The Kier molecular flexibility index (Phi) is 15.3. The molecule has 2 heteroatoms. The summed E-state index contributed by atoms with van der Waals surface area (Å²) in [6, 6.07) is 5.20. The van der Waals surface area contributed by atoms with Crippen molar-refractivity contribution in [3.63, 3.8) is 0 Å². The molecule has 0 radical (unpaired) electrons. The van der Waals surface area contributed by atoms with Crippen LogP contribution >= 0.6 is 0 Å². The Labute approximate surface area is 411 Å². The second kappa shape index (κ2) is 20.4. The van der Waals surface area contributed by atoms with Crippen LogP contribution in [-0.2, 0) is 0 Å². The third-order valence-corrected chi connectivity index (χ3v) is 24.8. The van der Waals surface area contributed by atoms with Gasteiger partial charge in [0.15, 0.2) is 0 Å². The highest BCUT2D eigenvalue weighted by Gasteiger charge is 2.63. The fraction of sp³-hybridized carbons (Fsp3) is 1.00. The van der Waals surface area contributed by atoms with E-state index in [2.05, 4.69) is 79.0 Å². The van der Waals surface area contributed by atoms with E-state index in [9.17, 15) is 0 Å². The maximum Gasteiger partial charge on any atom is 0.0135 e. The Morgan fingerprint density at radius 1 is 0.273 bits per heavy atom. The molecule has 378 valence electrons. The van der Waals surface area contributed by atoms with Gasteiger partial charge in [0.05, 0.1) is 0 Å². The Morgan fingerprint density at radius 2 is 0.530 bits per heavy atom. The summed E-state index contributed by atoms with van der Waals surface area (Å²) in [6.07, 6.45) is 46.0. The van der Waals surface area contributed by atoms with Gasteiger partial charge in [-0.05, 0) is 272 Å². The summed E-state index contributed by atoms with van der Waals surface area (Å²) in [5.41, 5.74) is 0.930.